The van der Waals surface area contributed by atoms with Crippen LogP contribution in [-0.2, 0) is 30.3 Å². The molecule has 1 saturated carbocycles. The van der Waals surface area contributed by atoms with Gasteiger partial charge in [-0.2, -0.15) is 0 Å². The number of allylic oxidation sites excluding steroid dienone is 1. The first-order valence-electron chi connectivity index (χ1n) is 13.4. The number of fused-ring (bicyclic) bond motifs is 1. The van der Waals surface area contributed by atoms with Gasteiger partial charge in [-0.3, -0.25) is 14.4 Å². The molecule has 3 fully saturated rings. The first kappa shape index (κ1) is 26.8. The minimum Gasteiger partial charge on any atom is -0.458 e. The summed E-state index contributed by atoms with van der Waals surface area (Å²) in [4.78, 5) is 40.0. The van der Waals surface area contributed by atoms with Crippen LogP contribution in [0.3, 0.4) is 0 Å². The molecule has 1 aromatic carbocycles. The van der Waals surface area contributed by atoms with Crippen LogP contribution in [-0.4, -0.2) is 63.9 Å². The van der Waals surface area contributed by atoms with Crippen LogP contribution in [0.25, 0.3) is 0 Å². The quantitative estimate of drug-likeness (QED) is 0.315. The Morgan fingerprint density at radius 2 is 1.92 bits per heavy atom. The van der Waals surface area contributed by atoms with Crippen molar-refractivity contribution < 1.29 is 34.1 Å². The first-order valence-corrected chi connectivity index (χ1v) is 13.4. The van der Waals surface area contributed by atoms with Gasteiger partial charge in [-0.25, -0.2) is 0 Å². The summed E-state index contributed by atoms with van der Waals surface area (Å²) < 4.78 is 11.9. The Morgan fingerprint density at radius 1 is 1.24 bits per heavy atom. The Kier molecular flexibility index (Phi) is 6.65. The minimum absolute atomic E-state index is 0.302. The monoisotopic (exact) mass is 523 g/mol. The molecule has 2 heterocycles. The fourth-order valence-electron chi connectivity index (χ4n) is 7.41. The standard InChI is InChI=1S/C30H37NO7/c1-15-10-9-13-20-23(33)17(3)16(2)22-21(14-19-11-7-6-8-12-19)31-28(35)30(20,22)27(37-18(4)32)24-26(38-24)29(5,36)25(15)34/h6-9,11-13,15-16,20-24,26-27,33,36H,3,10,14H2,1-2,4-5H3,(H,31,35)/b13-9+/t15-,16+,20-,21-,22-,23+,24+,26+,27?,29-,30+/m0/s1. The molecule has 1 spiro atoms. The molecule has 2 aliphatic heterocycles. The number of hydrogen-bond acceptors (Lipinski definition) is 7. The molecule has 38 heavy (non-hydrogen) atoms. The largest absolute Gasteiger partial charge is 0.458 e. The molecule has 1 aromatic rings. The van der Waals surface area contributed by atoms with Crippen LogP contribution in [0, 0.1) is 29.1 Å². The Morgan fingerprint density at radius 3 is 2.58 bits per heavy atom. The average molecular weight is 524 g/mol. The number of nitrogens with one attached hydrogen (secondary N) is 1. The van der Waals surface area contributed by atoms with E-state index in [4.69, 9.17) is 9.47 Å². The van der Waals surface area contributed by atoms with Gasteiger partial charge in [-0.1, -0.05) is 62.9 Å². The number of rotatable bonds is 3. The number of carbonyl (C=O) groups excluding carboxylic acids is 3. The maximum Gasteiger partial charge on any atom is 0.303 e. The molecular formula is C30H37NO7. The number of ether oxygens (including phenoxy) is 2. The lowest BCUT2D eigenvalue weighted by molar-refractivity contribution is -0.175. The first-order chi connectivity index (χ1) is 17.9. The van der Waals surface area contributed by atoms with E-state index in [9.17, 15) is 24.6 Å². The summed E-state index contributed by atoms with van der Waals surface area (Å²) >= 11 is 0. The molecular weight excluding hydrogens is 486 g/mol. The summed E-state index contributed by atoms with van der Waals surface area (Å²) in [6, 6.07) is 9.48. The zero-order chi connectivity index (χ0) is 27.6. The van der Waals surface area contributed by atoms with Gasteiger partial charge in [0.1, 0.15) is 29.3 Å². The second-order valence-electron chi connectivity index (χ2n) is 11.7. The Balaban J connectivity index is 1.70. The van der Waals surface area contributed by atoms with Gasteiger partial charge >= 0.3 is 5.97 Å². The smallest absolute Gasteiger partial charge is 0.303 e. The van der Waals surface area contributed by atoms with Crippen molar-refractivity contribution in [3.05, 3.63) is 60.2 Å². The summed E-state index contributed by atoms with van der Waals surface area (Å²) in [7, 11) is 0. The Bertz CT molecular complexity index is 1180. The van der Waals surface area contributed by atoms with Crippen LogP contribution >= 0.6 is 0 Å². The maximum absolute atomic E-state index is 14.3. The molecule has 5 rings (SSSR count). The van der Waals surface area contributed by atoms with Crippen molar-refractivity contribution in [2.45, 2.75) is 76.6 Å². The van der Waals surface area contributed by atoms with E-state index < -0.39 is 59.2 Å². The van der Waals surface area contributed by atoms with Crippen LogP contribution in [0.2, 0.25) is 0 Å². The number of benzene rings is 1. The van der Waals surface area contributed by atoms with Gasteiger partial charge in [0, 0.05) is 30.7 Å². The lowest BCUT2D eigenvalue weighted by Crippen LogP contribution is -2.62. The van der Waals surface area contributed by atoms with E-state index in [1.165, 1.54) is 13.8 Å². The fourth-order valence-corrected chi connectivity index (χ4v) is 7.41. The molecule has 3 N–H and O–H groups in total. The lowest BCUT2D eigenvalue weighted by Gasteiger charge is -2.52. The minimum atomic E-state index is -1.83. The number of esters is 1. The Labute approximate surface area is 223 Å². The van der Waals surface area contributed by atoms with E-state index in [0.29, 0.717) is 18.4 Å². The van der Waals surface area contributed by atoms with E-state index in [1.807, 2.05) is 37.3 Å². The van der Waals surface area contributed by atoms with Gasteiger partial charge in [0.25, 0.3) is 0 Å². The van der Waals surface area contributed by atoms with Crippen molar-refractivity contribution >= 4 is 17.7 Å². The normalized spacial score (nSPS) is 45.1. The molecule has 2 saturated heterocycles. The van der Waals surface area contributed by atoms with Crippen LogP contribution < -0.4 is 5.32 Å². The number of aliphatic hydroxyl groups is 2. The average Bonchev–Trinajstić information content (AvgIpc) is 3.62. The SMILES string of the molecule is C=C1[C@@H](C)[C@H]2[C@H](Cc3ccccc3)NC(=O)[C@@]23C(OC(C)=O)[C@@H]2O[C@H]2[C@@](C)(O)C(=O)[C@@H](C)C/C=C/[C@H]3[C@@H]1O. The number of epoxide rings is 1. The van der Waals surface area contributed by atoms with Gasteiger partial charge in [-0.05, 0) is 36.8 Å². The predicted octanol–water partition coefficient (Wildman–Crippen LogP) is 2.13. The van der Waals surface area contributed by atoms with Gasteiger partial charge in [0.15, 0.2) is 5.78 Å². The van der Waals surface area contributed by atoms with Crippen LogP contribution in [0.4, 0.5) is 0 Å². The molecule has 8 nitrogen and oxygen atoms in total. The van der Waals surface area contributed by atoms with E-state index in [1.54, 1.807) is 19.1 Å². The third-order valence-electron chi connectivity index (χ3n) is 9.31. The number of hydrogen-bond donors (Lipinski definition) is 3. The molecule has 1 amide bonds. The van der Waals surface area contributed by atoms with Crippen LogP contribution in [0.5, 0.6) is 0 Å². The van der Waals surface area contributed by atoms with E-state index >= 15 is 0 Å². The van der Waals surface area contributed by atoms with Crippen LogP contribution in [0.1, 0.15) is 39.7 Å². The number of carbonyl (C=O) groups is 3. The Hall–Kier alpha value is -2.81. The molecule has 1 unspecified atom stereocenters. The summed E-state index contributed by atoms with van der Waals surface area (Å²) in [6.07, 6.45) is 0.350. The van der Waals surface area contributed by atoms with E-state index in [-0.39, 0.29) is 23.7 Å². The molecule has 11 atom stereocenters. The van der Waals surface area contributed by atoms with Crippen molar-refractivity contribution in [2.24, 2.45) is 29.1 Å². The highest BCUT2D eigenvalue weighted by Gasteiger charge is 2.74. The highest BCUT2D eigenvalue weighted by molar-refractivity contribution is 5.91. The summed E-state index contributed by atoms with van der Waals surface area (Å²) in [5.41, 5.74) is -1.60. The van der Waals surface area contributed by atoms with Crippen molar-refractivity contribution in [1.82, 2.24) is 5.32 Å². The third-order valence-corrected chi connectivity index (χ3v) is 9.31. The summed E-state index contributed by atoms with van der Waals surface area (Å²) in [6.45, 7) is 10.6. The molecule has 0 aromatic heterocycles. The summed E-state index contributed by atoms with van der Waals surface area (Å²) in [5.74, 6) is -3.34. The maximum atomic E-state index is 14.3. The van der Waals surface area contributed by atoms with Crippen molar-refractivity contribution in [3.8, 4) is 0 Å². The van der Waals surface area contributed by atoms with E-state index in [0.717, 1.165) is 5.56 Å². The zero-order valence-corrected chi connectivity index (χ0v) is 22.3. The topological polar surface area (TPSA) is 125 Å². The van der Waals surface area contributed by atoms with Crippen molar-refractivity contribution in [3.63, 3.8) is 0 Å². The van der Waals surface area contributed by atoms with Gasteiger partial charge < -0.3 is 25.0 Å². The molecule has 2 aliphatic carbocycles. The second kappa shape index (κ2) is 9.43. The fraction of sp³-hybridized carbons (Fsp3) is 0.567. The highest BCUT2D eigenvalue weighted by atomic mass is 16.6. The molecule has 0 bridgehead atoms. The number of amides is 1. The van der Waals surface area contributed by atoms with Crippen molar-refractivity contribution in [1.29, 1.82) is 0 Å². The molecule has 204 valence electrons. The van der Waals surface area contributed by atoms with Gasteiger partial charge in [0.05, 0.1) is 6.10 Å². The second-order valence-corrected chi connectivity index (χ2v) is 11.7. The van der Waals surface area contributed by atoms with Crippen molar-refractivity contribution in [2.75, 3.05) is 0 Å². The predicted molar refractivity (Wildman–Crippen MR) is 139 cm³/mol. The number of aliphatic hydroxyl groups excluding tert-OH is 1. The summed E-state index contributed by atoms with van der Waals surface area (Å²) in [5, 5.41) is 26.0. The van der Waals surface area contributed by atoms with Gasteiger partial charge in [-0.15, -0.1) is 0 Å². The zero-order valence-electron chi connectivity index (χ0n) is 22.3. The molecule has 4 aliphatic rings. The lowest BCUT2D eigenvalue weighted by atomic mass is 9.51. The highest BCUT2D eigenvalue weighted by Crippen LogP contribution is 2.61. The third kappa shape index (κ3) is 3.96. The number of ketones is 1. The molecule has 0 radical (unpaired) electrons. The number of Topliss-reactive ketones (excluding diaryl/α,β-unsaturated/α-hetero) is 1. The van der Waals surface area contributed by atoms with E-state index in [2.05, 4.69) is 11.9 Å². The molecule has 8 heteroatoms. The van der Waals surface area contributed by atoms with Gasteiger partial charge in [0.2, 0.25) is 5.91 Å². The van der Waals surface area contributed by atoms with Crippen LogP contribution in [0.15, 0.2) is 54.6 Å².